The molecule has 1 aromatic rings. The fraction of sp³-hybridized carbons (Fsp3) is 0.812. The van der Waals surface area contributed by atoms with Crippen LogP contribution in [0.15, 0.2) is 0 Å². The van der Waals surface area contributed by atoms with Gasteiger partial charge in [-0.05, 0) is 38.5 Å². The maximum Gasteiger partial charge on any atom is 0.107 e. The van der Waals surface area contributed by atoms with Crippen LogP contribution in [0, 0.1) is 25.7 Å². The topological polar surface area (TPSA) is 28.2 Å². The van der Waals surface area contributed by atoms with Crippen LogP contribution in [0.25, 0.3) is 0 Å². The molecule has 0 bridgehead atoms. The van der Waals surface area contributed by atoms with E-state index in [2.05, 4.69) is 37.9 Å². The van der Waals surface area contributed by atoms with Crippen LogP contribution in [0.3, 0.4) is 0 Å². The summed E-state index contributed by atoms with van der Waals surface area (Å²) in [4.78, 5) is 8.82. The Bertz CT molecular complexity index is 445. The molecule has 0 spiro atoms. The van der Waals surface area contributed by atoms with Crippen molar-refractivity contribution in [1.29, 1.82) is 0 Å². The summed E-state index contributed by atoms with van der Waals surface area (Å²) in [5, 5.41) is 5.06. The van der Waals surface area contributed by atoms with Crippen molar-refractivity contribution in [3.8, 4) is 0 Å². The van der Waals surface area contributed by atoms with Gasteiger partial charge in [0.05, 0.1) is 12.2 Å². The SMILES string of the molecule is Cc1nc(CN2CC(C(C)C)NCC2C2CC2)sc1C. The number of rotatable bonds is 4. The van der Waals surface area contributed by atoms with Gasteiger partial charge in [-0.1, -0.05) is 13.8 Å². The zero-order chi connectivity index (χ0) is 14.3. The zero-order valence-electron chi connectivity index (χ0n) is 13.1. The van der Waals surface area contributed by atoms with E-state index in [1.165, 1.54) is 35.0 Å². The fourth-order valence-corrected chi connectivity index (χ4v) is 4.17. The molecule has 1 saturated heterocycles. The summed E-state index contributed by atoms with van der Waals surface area (Å²) in [6.07, 6.45) is 2.84. The molecule has 1 saturated carbocycles. The lowest BCUT2D eigenvalue weighted by Crippen LogP contribution is -2.58. The number of nitrogens with zero attached hydrogens (tertiary/aromatic N) is 2. The summed E-state index contributed by atoms with van der Waals surface area (Å²) in [7, 11) is 0. The molecule has 1 aromatic heterocycles. The van der Waals surface area contributed by atoms with Crippen molar-refractivity contribution in [3.05, 3.63) is 15.6 Å². The molecule has 2 heterocycles. The van der Waals surface area contributed by atoms with Gasteiger partial charge < -0.3 is 5.32 Å². The molecule has 3 nitrogen and oxygen atoms in total. The van der Waals surface area contributed by atoms with E-state index in [0.717, 1.165) is 25.0 Å². The van der Waals surface area contributed by atoms with E-state index in [0.29, 0.717) is 12.0 Å². The quantitative estimate of drug-likeness (QED) is 0.925. The Morgan fingerprint density at radius 2 is 2.10 bits per heavy atom. The Labute approximate surface area is 126 Å². The van der Waals surface area contributed by atoms with Crippen molar-refractivity contribution < 1.29 is 0 Å². The fourth-order valence-electron chi connectivity index (χ4n) is 3.21. The minimum absolute atomic E-state index is 0.632. The number of hydrogen-bond acceptors (Lipinski definition) is 4. The average molecular weight is 293 g/mol. The first-order valence-electron chi connectivity index (χ1n) is 7.95. The Kier molecular flexibility index (Phi) is 4.16. The molecule has 1 aliphatic heterocycles. The Balaban J connectivity index is 1.71. The molecular weight excluding hydrogens is 266 g/mol. The molecule has 0 amide bonds. The van der Waals surface area contributed by atoms with Crippen LogP contribution in [0.2, 0.25) is 0 Å². The summed E-state index contributed by atoms with van der Waals surface area (Å²) < 4.78 is 0. The van der Waals surface area contributed by atoms with Crippen molar-refractivity contribution in [3.63, 3.8) is 0 Å². The van der Waals surface area contributed by atoms with Crippen LogP contribution < -0.4 is 5.32 Å². The molecular formula is C16H27N3S. The predicted molar refractivity (Wildman–Crippen MR) is 85.1 cm³/mol. The summed E-state index contributed by atoms with van der Waals surface area (Å²) in [5.41, 5.74) is 1.21. The van der Waals surface area contributed by atoms with Crippen molar-refractivity contribution >= 4 is 11.3 Å². The lowest BCUT2D eigenvalue weighted by atomic mass is 9.97. The van der Waals surface area contributed by atoms with Crippen LogP contribution in [0.5, 0.6) is 0 Å². The van der Waals surface area contributed by atoms with E-state index in [1.807, 2.05) is 11.3 Å². The first kappa shape index (κ1) is 14.5. The predicted octanol–water partition coefficient (Wildman–Crippen LogP) is 2.97. The number of aryl methyl sites for hydroxylation is 2. The highest BCUT2D eigenvalue weighted by molar-refractivity contribution is 7.11. The highest BCUT2D eigenvalue weighted by Crippen LogP contribution is 2.37. The molecule has 1 aliphatic carbocycles. The molecule has 4 heteroatoms. The zero-order valence-corrected chi connectivity index (χ0v) is 14.0. The summed E-state index contributed by atoms with van der Waals surface area (Å²) in [5.74, 6) is 1.63. The first-order valence-corrected chi connectivity index (χ1v) is 8.76. The van der Waals surface area contributed by atoms with Gasteiger partial charge in [0.15, 0.2) is 0 Å². The van der Waals surface area contributed by atoms with Crippen molar-refractivity contribution in [2.45, 2.75) is 59.2 Å². The van der Waals surface area contributed by atoms with Crippen LogP contribution >= 0.6 is 11.3 Å². The molecule has 20 heavy (non-hydrogen) atoms. The van der Waals surface area contributed by atoms with Gasteiger partial charge in [0.25, 0.3) is 0 Å². The third kappa shape index (κ3) is 3.07. The Hall–Kier alpha value is -0.450. The number of aromatic nitrogens is 1. The highest BCUT2D eigenvalue weighted by atomic mass is 32.1. The number of piperazine rings is 1. The largest absolute Gasteiger partial charge is 0.311 e. The molecule has 2 unspecified atom stereocenters. The van der Waals surface area contributed by atoms with Crippen LogP contribution in [-0.2, 0) is 6.54 Å². The van der Waals surface area contributed by atoms with Crippen molar-refractivity contribution in [1.82, 2.24) is 15.2 Å². The Morgan fingerprint density at radius 1 is 1.35 bits per heavy atom. The second-order valence-corrected chi connectivity index (χ2v) is 8.13. The molecule has 2 aliphatic rings. The van der Waals surface area contributed by atoms with Crippen LogP contribution in [-0.4, -0.2) is 35.1 Å². The van der Waals surface area contributed by atoms with Gasteiger partial charge in [-0.2, -0.15) is 0 Å². The van der Waals surface area contributed by atoms with Gasteiger partial charge in [0.1, 0.15) is 5.01 Å². The van der Waals surface area contributed by atoms with Gasteiger partial charge >= 0.3 is 0 Å². The third-order valence-electron chi connectivity index (χ3n) is 4.87. The second-order valence-electron chi connectivity index (χ2n) is 6.84. The van der Waals surface area contributed by atoms with Gasteiger partial charge in [-0.3, -0.25) is 4.90 Å². The van der Waals surface area contributed by atoms with E-state index >= 15 is 0 Å². The van der Waals surface area contributed by atoms with Crippen LogP contribution in [0.1, 0.15) is 42.3 Å². The van der Waals surface area contributed by atoms with Crippen LogP contribution in [0.4, 0.5) is 0 Å². The standard InChI is InChI=1S/C16H27N3S/c1-10(2)14-8-19(15(7-17-14)13-5-6-13)9-16-18-11(3)12(4)20-16/h10,13-15,17H,5-9H2,1-4H3. The molecule has 3 rings (SSSR count). The molecule has 2 atom stereocenters. The molecule has 1 N–H and O–H groups in total. The summed E-state index contributed by atoms with van der Waals surface area (Å²) in [6.45, 7) is 12.3. The molecule has 0 radical (unpaired) electrons. The van der Waals surface area contributed by atoms with Gasteiger partial charge in [-0.25, -0.2) is 4.98 Å². The number of nitrogens with one attached hydrogen (secondary N) is 1. The van der Waals surface area contributed by atoms with E-state index in [1.54, 1.807) is 0 Å². The van der Waals surface area contributed by atoms with Crippen molar-refractivity contribution in [2.24, 2.45) is 11.8 Å². The summed E-state index contributed by atoms with van der Waals surface area (Å²) >= 11 is 1.88. The average Bonchev–Trinajstić information content (AvgIpc) is 3.17. The lowest BCUT2D eigenvalue weighted by Gasteiger charge is -2.41. The molecule has 0 aromatic carbocycles. The van der Waals surface area contributed by atoms with E-state index in [9.17, 15) is 0 Å². The van der Waals surface area contributed by atoms with E-state index in [4.69, 9.17) is 4.98 Å². The number of thiazole rings is 1. The monoisotopic (exact) mass is 293 g/mol. The minimum atomic E-state index is 0.632. The maximum absolute atomic E-state index is 4.74. The highest BCUT2D eigenvalue weighted by Gasteiger charge is 2.39. The second kappa shape index (κ2) is 5.74. The Morgan fingerprint density at radius 3 is 2.65 bits per heavy atom. The molecule has 112 valence electrons. The van der Waals surface area contributed by atoms with Crippen molar-refractivity contribution in [2.75, 3.05) is 13.1 Å². The van der Waals surface area contributed by atoms with Gasteiger partial charge in [0, 0.05) is 30.1 Å². The smallest absolute Gasteiger partial charge is 0.107 e. The molecule has 2 fully saturated rings. The summed E-state index contributed by atoms with van der Waals surface area (Å²) in [6, 6.07) is 1.36. The third-order valence-corrected chi connectivity index (χ3v) is 5.93. The normalized spacial score (nSPS) is 28.2. The minimum Gasteiger partial charge on any atom is -0.311 e. The number of hydrogen-bond donors (Lipinski definition) is 1. The van der Waals surface area contributed by atoms with Gasteiger partial charge in [-0.15, -0.1) is 11.3 Å². The first-order chi connectivity index (χ1) is 9.54. The van der Waals surface area contributed by atoms with E-state index < -0.39 is 0 Å². The van der Waals surface area contributed by atoms with E-state index in [-0.39, 0.29) is 0 Å². The lowest BCUT2D eigenvalue weighted by molar-refractivity contribution is 0.0925. The van der Waals surface area contributed by atoms with Gasteiger partial charge in [0.2, 0.25) is 0 Å². The maximum atomic E-state index is 4.74.